The van der Waals surface area contributed by atoms with Crippen molar-refractivity contribution in [3.8, 4) is 17.6 Å². The van der Waals surface area contributed by atoms with Crippen LogP contribution in [0.1, 0.15) is 46.1 Å². The average Bonchev–Trinajstić information content (AvgIpc) is 2.91. The van der Waals surface area contributed by atoms with Crippen LogP contribution in [0.3, 0.4) is 0 Å². The summed E-state index contributed by atoms with van der Waals surface area (Å²) in [7, 11) is 1.51. The van der Waals surface area contributed by atoms with Crippen LogP contribution in [0.15, 0.2) is 18.2 Å². The van der Waals surface area contributed by atoms with Gasteiger partial charge in [0.2, 0.25) is 5.91 Å². The van der Waals surface area contributed by atoms with E-state index >= 15 is 0 Å². The summed E-state index contributed by atoms with van der Waals surface area (Å²) >= 11 is 1.41. The van der Waals surface area contributed by atoms with Crippen LogP contribution in [0, 0.1) is 25.2 Å². The van der Waals surface area contributed by atoms with Crippen LogP contribution in [0.4, 0.5) is 5.00 Å². The van der Waals surface area contributed by atoms with Crippen LogP contribution in [-0.2, 0) is 4.79 Å². The predicted octanol–water partition coefficient (Wildman–Crippen LogP) is 4.25. The van der Waals surface area contributed by atoms with E-state index in [2.05, 4.69) is 11.4 Å². The van der Waals surface area contributed by atoms with Gasteiger partial charge < -0.3 is 14.8 Å². The van der Waals surface area contributed by atoms with Gasteiger partial charge in [-0.1, -0.05) is 0 Å². The molecule has 2 rings (SSSR count). The zero-order valence-electron chi connectivity index (χ0n) is 15.8. The number of benzene rings is 1. The quantitative estimate of drug-likeness (QED) is 0.541. The summed E-state index contributed by atoms with van der Waals surface area (Å²) in [5, 5.41) is 12.6. The van der Waals surface area contributed by atoms with Gasteiger partial charge in [0.1, 0.15) is 11.1 Å². The Morgan fingerprint density at radius 2 is 2.00 bits per heavy atom. The minimum absolute atomic E-state index is 0.0488. The number of ether oxygens (including phenoxy) is 2. The van der Waals surface area contributed by atoms with Crippen molar-refractivity contribution in [1.29, 1.82) is 5.26 Å². The average molecular weight is 386 g/mol. The van der Waals surface area contributed by atoms with Crippen molar-refractivity contribution in [2.75, 3.05) is 19.0 Å². The van der Waals surface area contributed by atoms with E-state index in [4.69, 9.17) is 9.47 Å². The number of methoxy groups -OCH3 is 1. The normalized spacial score (nSPS) is 10.2. The molecule has 27 heavy (non-hydrogen) atoms. The maximum Gasteiger partial charge on any atom is 0.225 e. The van der Waals surface area contributed by atoms with Gasteiger partial charge in [0.15, 0.2) is 17.3 Å². The highest BCUT2D eigenvalue weighted by Crippen LogP contribution is 2.32. The second kappa shape index (κ2) is 9.19. The van der Waals surface area contributed by atoms with E-state index in [1.165, 1.54) is 25.4 Å². The third-order valence-electron chi connectivity index (χ3n) is 4.13. The molecular weight excluding hydrogens is 364 g/mol. The standard InChI is InChI=1S/C20H22N2O4S/c1-12-14(3)27-20(16(12)11-21)22-19(24)6-5-9-26-17-8-7-15(13(2)23)10-18(17)25-4/h7-8,10H,5-6,9H2,1-4H3,(H,22,24). The van der Waals surface area contributed by atoms with Gasteiger partial charge >= 0.3 is 0 Å². The molecule has 1 amide bonds. The highest BCUT2D eigenvalue weighted by Gasteiger charge is 2.14. The lowest BCUT2D eigenvalue weighted by Crippen LogP contribution is -2.13. The number of thiophene rings is 1. The molecule has 1 N–H and O–H groups in total. The second-order valence-electron chi connectivity index (χ2n) is 6.02. The first kappa shape index (κ1) is 20.5. The van der Waals surface area contributed by atoms with Gasteiger partial charge in [0.25, 0.3) is 0 Å². The fourth-order valence-electron chi connectivity index (χ4n) is 2.46. The Balaban J connectivity index is 1.87. The molecule has 1 heterocycles. The van der Waals surface area contributed by atoms with Gasteiger partial charge in [0.05, 0.1) is 19.3 Å². The van der Waals surface area contributed by atoms with Crippen molar-refractivity contribution in [2.45, 2.75) is 33.6 Å². The summed E-state index contributed by atoms with van der Waals surface area (Å²) in [6.07, 6.45) is 0.781. The number of ketones is 1. The van der Waals surface area contributed by atoms with Crippen molar-refractivity contribution in [3.63, 3.8) is 0 Å². The topological polar surface area (TPSA) is 88.4 Å². The smallest absolute Gasteiger partial charge is 0.225 e. The van der Waals surface area contributed by atoms with E-state index in [-0.39, 0.29) is 18.1 Å². The fraction of sp³-hybridized carbons (Fsp3) is 0.350. The van der Waals surface area contributed by atoms with Crippen molar-refractivity contribution in [2.24, 2.45) is 0 Å². The molecule has 6 nitrogen and oxygen atoms in total. The number of hydrogen-bond donors (Lipinski definition) is 1. The number of rotatable bonds is 8. The largest absolute Gasteiger partial charge is 0.493 e. The Labute approximate surface area is 162 Å². The lowest BCUT2D eigenvalue weighted by Gasteiger charge is -2.11. The molecule has 0 saturated carbocycles. The molecule has 0 spiro atoms. The van der Waals surface area contributed by atoms with Crippen LogP contribution in [0.25, 0.3) is 0 Å². The monoisotopic (exact) mass is 386 g/mol. The van der Waals surface area contributed by atoms with E-state index < -0.39 is 0 Å². The molecule has 0 aliphatic heterocycles. The third kappa shape index (κ3) is 5.08. The molecule has 142 valence electrons. The summed E-state index contributed by atoms with van der Waals surface area (Å²) in [6, 6.07) is 7.14. The van der Waals surface area contributed by atoms with Crippen LogP contribution in [0.2, 0.25) is 0 Å². The molecule has 0 radical (unpaired) electrons. The maximum atomic E-state index is 12.1. The number of nitrogens with zero attached hydrogens (tertiary/aromatic N) is 1. The fourth-order valence-corrected chi connectivity index (χ4v) is 3.49. The number of nitriles is 1. The first-order chi connectivity index (χ1) is 12.9. The predicted molar refractivity (Wildman–Crippen MR) is 105 cm³/mol. The first-order valence-corrected chi connectivity index (χ1v) is 9.30. The van der Waals surface area contributed by atoms with Gasteiger partial charge in [-0.2, -0.15) is 5.26 Å². The van der Waals surface area contributed by atoms with Crippen molar-refractivity contribution >= 4 is 28.0 Å². The van der Waals surface area contributed by atoms with Gasteiger partial charge in [-0.05, 0) is 51.0 Å². The number of hydrogen-bond acceptors (Lipinski definition) is 6. The summed E-state index contributed by atoms with van der Waals surface area (Å²) < 4.78 is 10.9. The second-order valence-corrected chi connectivity index (χ2v) is 7.25. The molecule has 7 heteroatoms. The molecule has 0 aliphatic rings. The van der Waals surface area contributed by atoms with Crippen LogP contribution < -0.4 is 14.8 Å². The van der Waals surface area contributed by atoms with Crippen LogP contribution >= 0.6 is 11.3 Å². The Hall–Kier alpha value is -2.85. The Kier molecular flexibility index (Phi) is 6.97. The van der Waals surface area contributed by atoms with Gasteiger partial charge in [0, 0.05) is 16.9 Å². The van der Waals surface area contributed by atoms with E-state index in [9.17, 15) is 14.9 Å². The molecule has 0 unspecified atom stereocenters. The van der Waals surface area contributed by atoms with Crippen LogP contribution in [-0.4, -0.2) is 25.4 Å². The first-order valence-electron chi connectivity index (χ1n) is 8.49. The van der Waals surface area contributed by atoms with Crippen LogP contribution in [0.5, 0.6) is 11.5 Å². The molecule has 0 fully saturated rings. The highest BCUT2D eigenvalue weighted by molar-refractivity contribution is 7.16. The molecule has 2 aromatic rings. The lowest BCUT2D eigenvalue weighted by atomic mass is 10.1. The molecule has 1 aromatic carbocycles. The van der Waals surface area contributed by atoms with E-state index in [0.29, 0.717) is 40.7 Å². The Morgan fingerprint density at radius 1 is 1.26 bits per heavy atom. The summed E-state index contributed by atoms with van der Waals surface area (Å²) in [4.78, 5) is 24.6. The molecule has 1 aromatic heterocycles. The zero-order valence-corrected chi connectivity index (χ0v) is 16.7. The summed E-state index contributed by atoms with van der Waals surface area (Å²) in [5.41, 5.74) is 1.98. The minimum Gasteiger partial charge on any atom is -0.493 e. The van der Waals surface area contributed by atoms with Gasteiger partial charge in [-0.15, -0.1) is 11.3 Å². The van der Waals surface area contributed by atoms with Crippen molar-refractivity contribution < 1.29 is 19.1 Å². The SMILES string of the molecule is COc1cc(C(C)=O)ccc1OCCCC(=O)Nc1sc(C)c(C)c1C#N. The number of anilines is 1. The number of carbonyl (C=O) groups excluding carboxylic acids is 2. The molecule has 0 saturated heterocycles. The molecular formula is C20H22N2O4S. The third-order valence-corrected chi connectivity index (χ3v) is 5.25. The molecule has 0 atom stereocenters. The molecule has 0 aliphatic carbocycles. The Bertz CT molecular complexity index is 896. The summed E-state index contributed by atoms with van der Waals surface area (Å²) in [6.45, 7) is 5.62. The number of amides is 1. The number of carbonyl (C=O) groups is 2. The minimum atomic E-state index is -0.157. The van der Waals surface area contributed by atoms with Crippen molar-refractivity contribution in [1.82, 2.24) is 0 Å². The maximum absolute atomic E-state index is 12.1. The van der Waals surface area contributed by atoms with Gasteiger partial charge in [-0.25, -0.2) is 0 Å². The van der Waals surface area contributed by atoms with E-state index in [1.54, 1.807) is 18.2 Å². The molecule has 0 bridgehead atoms. The highest BCUT2D eigenvalue weighted by atomic mass is 32.1. The lowest BCUT2D eigenvalue weighted by molar-refractivity contribution is -0.116. The van der Waals surface area contributed by atoms with Gasteiger partial charge in [-0.3, -0.25) is 9.59 Å². The number of aryl methyl sites for hydroxylation is 1. The Morgan fingerprint density at radius 3 is 2.63 bits per heavy atom. The van der Waals surface area contributed by atoms with E-state index in [0.717, 1.165) is 10.4 Å². The van der Waals surface area contributed by atoms with E-state index in [1.807, 2.05) is 13.8 Å². The van der Waals surface area contributed by atoms with Crippen molar-refractivity contribution in [3.05, 3.63) is 39.8 Å². The number of nitrogens with one attached hydrogen (secondary N) is 1. The summed E-state index contributed by atoms with van der Waals surface area (Å²) in [5.74, 6) is 0.803. The zero-order chi connectivity index (χ0) is 20.0. The number of Topliss-reactive ketones (excluding diaryl/α,β-unsaturated/α-hetero) is 1.